The molecule has 31 heavy (non-hydrogen) atoms. The first-order valence-corrected chi connectivity index (χ1v) is 9.39. The molecule has 0 bridgehead atoms. The Bertz CT molecular complexity index is 1010. The van der Waals surface area contributed by atoms with Crippen LogP contribution in [0.2, 0.25) is 0 Å². The van der Waals surface area contributed by atoms with Crippen LogP contribution in [0.4, 0.5) is 22.0 Å². The molecule has 2 heterocycles. The molecule has 12 heteroatoms. The number of ether oxygens (including phenoxy) is 2. The van der Waals surface area contributed by atoms with Crippen LogP contribution in [0.1, 0.15) is 38.2 Å². The maximum Gasteiger partial charge on any atom is 0.425 e. The molecule has 2 aromatic rings. The van der Waals surface area contributed by atoms with Gasteiger partial charge in [0.25, 0.3) is 0 Å². The Morgan fingerprint density at radius 2 is 2.00 bits per heavy atom. The molecule has 1 aliphatic carbocycles. The molecule has 7 nitrogen and oxygen atoms in total. The number of halogens is 5. The third kappa shape index (κ3) is 5.24. The molecule has 2 aromatic heterocycles. The summed E-state index contributed by atoms with van der Waals surface area (Å²) in [5.74, 6) is -1.62. The number of allylic oxidation sites excluding steroid dienone is 3. The van der Waals surface area contributed by atoms with Gasteiger partial charge in [-0.15, -0.1) is 10.2 Å². The van der Waals surface area contributed by atoms with Crippen molar-refractivity contribution in [3.63, 3.8) is 0 Å². The maximum atomic E-state index is 14.1. The van der Waals surface area contributed by atoms with E-state index >= 15 is 0 Å². The Balaban J connectivity index is 1.87. The number of hydrogen-bond acceptors (Lipinski definition) is 6. The van der Waals surface area contributed by atoms with Gasteiger partial charge in [0.15, 0.2) is 11.8 Å². The molecular weight excluding hydrogens is 425 g/mol. The van der Waals surface area contributed by atoms with Crippen molar-refractivity contribution in [3.8, 4) is 0 Å². The summed E-state index contributed by atoms with van der Waals surface area (Å²) in [6.45, 7) is 6.02. The smallest absolute Gasteiger partial charge is 0.425 e. The van der Waals surface area contributed by atoms with Crippen molar-refractivity contribution in [2.75, 3.05) is 6.61 Å². The van der Waals surface area contributed by atoms with Gasteiger partial charge < -0.3 is 9.47 Å². The summed E-state index contributed by atoms with van der Waals surface area (Å²) >= 11 is 0. The van der Waals surface area contributed by atoms with Gasteiger partial charge in [0.2, 0.25) is 11.7 Å². The Morgan fingerprint density at radius 1 is 1.29 bits per heavy atom. The number of alkyl halides is 5. The van der Waals surface area contributed by atoms with Gasteiger partial charge in [-0.25, -0.2) is 4.99 Å². The molecule has 1 unspecified atom stereocenters. The van der Waals surface area contributed by atoms with Crippen LogP contribution < -0.4 is 0 Å². The lowest BCUT2D eigenvalue weighted by atomic mass is 10.2. The van der Waals surface area contributed by atoms with Crippen molar-refractivity contribution in [2.45, 2.75) is 45.1 Å². The third-order valence-corrected chi connectivity index (χ3v) is 4.53. The van der Waals surface area contributed by atoms with Crippen LogP contribution in [0.3, 0.4) is 0 Å². The molecule has 0 spiro atoms. The highest BCUT2D eigenvalue weighted by Gasteiger charge is 2.51. The molecule has 1 aliphatic rings. The van der Waals surface area contributed by atoms with Gasteiger partial charge in [0.1, 0.15) is 0 Å². The first-order valence-electron chi connectivity index (χ1n) is 9.39. The summed E-state index contributed by atoms with van der Waals surface area (Å²) < 4.78 is 78.2. The monoisotopic (exact) mass is 445 g/mol. The van der Waals surface area contributed by atoms with Crippen molar-refractivity contribution in [1.29, 1.82) is 0 Å². The number of nitrogens with zero attached hydrogens (tertiary/aromatic N) is 5. The van der Waals surface area contributed by atoms with E-state index in [9.17, 15) is 22.0 Å². The van der Waals surface area contributed by atoms with Crippen molar-refractivity contribution >= 4 is 17.9 Å². The predicted octanol–water partition coefficient (Wildman–Crippen LogP) is 4.51. The van der Waals surface area contributed by atoms with E-state index in [-0.39, 0.29) is 23.8 Å². The topological polar surface area (TPSA) is 73.9 Å². The molecule has 1 saturated carbocycles. The Hall–Kier alpha value is -2.89. The zero-order valence-corrected chi connectivity index (χ0v) is 16.7. The van der Waals surface area contributed by atoms with Crippen molar-refractivity contribution in [3.05, 3.63) is 41.9 Å². The summed E-state index contributed by atoms with van der Waals surface area (Å²) in [5.41, 5.74) is 0.784. The molecule has 0 aliphatic heterocycles. The molecule has 3 rings (SSSR count). The number of fused-ring (bicyclic) bond motifs is 1. The normalized spacial score (nSPS) is 17.1. The first kappa shape index (κ1) is 22.8. The van der Waals surface area contributed by atoms with Crippen LogP contribution >= 0.6 is 0 Å². The fourth-order valence-corrected chi connectivity index (χ4v) is 2.82. The Morgan fingerprint density at radius 3 is 2.58 bits per heavy atom. The minimum Gasteiger partial charge on any atom is -0.464 e. The van der Waals surface area contributed by atoms with Crippen LogP contribution in [0, 0.1) is 5.92 Å². The summed E-state index contributed by atoms with van der Waals surface area (Å²) in [6.07, 6.45) is -4.12. The first-order chi connectivity index (χ1) is 14.6. The largest absolute Gasteiger partial charge is 0.464 e. The SMILES string of the molecule is C=N/C(=C\C=C(/C)c1cn2c(C(F)(F)OCC)nnc2cn1)OC(C1CC1)C(F)(F)F. The van der Waals surface area contributed by atoms with Gasteiger partial charge in [-0.05, 0) is 39.0 Å². The number of hydrogen-bond donors (Lipinski definition) is 0. The minimum atomic E-state index is -4.52. The van der Waals surface area contributed by atoms with Crippen molar-refractivity contribution in [2.24, 2.45) is 10.9 Å². The van der Waals surface area contributed by atoms with E-state index in [1.54, 1.807) is 6.92 Å². The molecule has 0 radical (unpaired) electrons. The minimum absolute atomic E-state index is 0.0794. The van der Waals surface area contributed by atoms with E-state index < -0.39 is 30.1 Å². The summed E-state index contributed by atoms with van der Waals surface area (Å²) in [5, 5.41) is 7.11. The van der Waals surface area contributed by atoms with Crippen LogP contribution in [-0.4, -0.2) is 45.2 Å². The van der Waals surface area contributed by atoms with Gasteiger partial charge in [-0.3, -0.25) is 9.38 Å². The standard InChI is InChI=1S/C19H20F5N5O2/c1-4-30-19(23,24)17-28-27-14-9-26-13(10-29(14)17)11(2)5-8-15(25-3)31-16(12-6-7-12)18(20,21)22/h5,8-10,12,16H,3-4,6-7H2,1-2H3/b11-5+,15-8+. The number of aromatic nitrogens is 4. The summed E-state index contributed by atoms with van der Waals surface area (Å²) in [6, 6.07) is 0. The van der Waals surface area contributed by atoms with E-state index in [0.29, 0.717) is 18.4 Å². The second kappa shape index (κ2) is 8.69. The fourth-order valence-electron chi connectivity index (χ4n) is 2.82. The zero-order chi connectivity index (χ0) is 22.8. The molecule has 0 aromatic carbocycles. The summed E-state index contributed by atoms with van der Waals surface area (Å²) in [4.78, 5) is 7.63. The highest BCUT2D eigenvalue weighted by atomic mass is 19.4. The molecule has 1 fully saturated rings. The molecule has 168 valence electrons. The van der Waals surface area contributed by atoms with Gasteiger partial charge >= 0.3 is 12.3 Å². The lowest BCUT2D eigenvalue weighted by Crippen LogP contribution is -2.33. The third-order valence-electron chi connectivity index (χ3n) is 4.53. The lowest BCUT2D eigenvalue weighted by molar-refractivity contribution is -0.251. The van der Waals surface area contributed by atoms with Crippen LogP contribution in [0.25, 0.3) is 11.2 Å². The lowest BCUT2D eigenvalue weighted by Gasteiger charge is -2.21. The van der Waals surface area contributed by atoms with E-state index in [1.807, 2.05) is 0 Å². The molecule has 0 amide bonds. The van der Waals surface area contributed by atoms with E-state index in [4.69, 9.17) is 4.74 Å². The summed E-state index contributed by atoms with van der Waals surface area (Å²) in [7, 11) is 0. The molecular formula is C19H20F5N5O2. The average Bonchev–Trinajstić information content (AvgIpc) is 3.43. The van der Waals surface area contributed by atoms with Crippen LogP contribution in [0.15, 0.2) is 35.4 Å². The van der Waals surface area contributed by atoms with Gasteiger partial charge in [-0.2, -0.15) is 22.0 Å². The van der Waals surface area contributed by atoms with Gasteiger partial charge in [0.05, 0.1) is 18.5 Å². The van der Waals surface area contributed by atoms with Crippen LogP contribution in [0.5, 0.6) is 0 Å². The van der Waals surface area contributed by atoms with Crippen molar-refractivity contribution < 1.29 is 31.4 Å². The molecule has 1 atom stereocenters. The second-order valence-electron chi connectivity index (χ2n) is 6.90. The Labute approximate surface area is 174 Å². The van der Waals surface area contributed by atoms with E-state index in [2.05, 4.69) is 31.6 Å². The Kier molecular flexibility index (Phi) is 6.39. The molecule has 0 saturated heterocycles. The highest BCUT2D eigenvalue weighted by Crippen LogP contribution is 2.43. The maximum absolute atomic E-state index is 14.1. The average molecular weight is 445 g/mol. The highest BCUT2D eigenvalue weighted by molar-refractivity contribution is 5.62. The number of aliphatic imine (C=N–C) groups is 1. The van der Waals surface area contributed by atoms with E-state index in [1.165, 1.54) is 31.5 Å². The second-order valence-corrected chi connectivity index (χ2v) is 6.90. The zero-order valence-electron chi connectivity index (χ0n) is 16.7. The van der Waals surface area contributed by atoms with Gasteiger partial charge in [-0.1, -0.05) is 6.08 Å². The van der Waals surface area contributed by atoms with Crippen molar-refractivity contribution in [1.82, 2.24) is 19.6 Å². The van der Waals surface area contributed by atoms with Gasteiger partial charge in [0, 0.05) is 18.2 Å². The van der Waals surface area contributed by atoms with E-state index in [0.717, 1.165) is 4.40 Å². The quantitative estimate of drug-likeness (QED) is 0.246. The number of rotatable bonds is 9. The fraction of sp³-hybridized carbons (Fsp3) is 0.474. The predicted molar refractivity (Wildman–Crippen MR) is 101 cm³/mol. The molecule has 0 N–H and O–H groups in total. The van der Waals surface area contributed by atoms with Crippen LogP contribution in [-0.2, 0) is 15.6 Å².